The molecule has 1 rings (SSSR count). The van der Waals surface area contributed by atoms with Gasteiger partial charge in [0.1, 0.15) is 0 Å². The molecule has 15 heavy (non-hydrogen) atoms. The number of hydrogen-bond donors (Lipinski definition) is 2. The Kier molecular flexibility index (Phi) is 4.39. The van der Waals surface area contributed by atoms with Crippen LogP contribution in [-0.2, 0) is 4.79 Å². The molecule has 0 aromatic heterocycles. The summed E-state index contributed by atoms with van der Waals surface area (Å²) >= 11 is 11.7. The average Bonchev–Trinajstić information content (AvgIpc) is 2.21. The van der Waals surface area contributed by atoms with Gasteiger partial charge in [0, 0.05) is 23.6 Å². The molecule has 0 bridgehead atoms. The zero-order chi connectivity index (χ0) is 11.4. The van der Waals surface area contributed by atoms with Crippen LogP contribution >= 0.6 is 23.2 Å². The van der Waals surface area contributed by atoms with Crippen LogP contribution in [0.3, 0.4) is 0 Å². The molecule has 5 heteroatoms. The maximum atomic E-state index is 11.5. The van der Waals surface area contributed by atoms with Crippen molar-refractivity contribution in [3.8, 4) is 0 Å². The first-order valence-corrected chi connectivity index (χ1v) is 5.22. The molecule has 0 spiro atoms. The van der Waals surface area contributed by atoms with Gasteiger partial charge >= 0.3 is 0 Å². The fourth-order valence-electron chi connectivity index (χ4n) is 1.33. The van der Waals surface area contributed by atoms with Crippen molar-refractivity contribution >= 4 is 29.1 Å². The number of likely N-dealkylation sites (N-methyl/N-ethyl adjacent to an activating group) is 1. The fourth-order valence-corrected chi connectivity index (χ4v) is 1.87. The van der Waals surface area contributed by atoms with Crippen LogP contribution in [0.5, 0.6) is 0 Å². The maximum Gasteiger partial charge on any atom is 0.228 e. The van der Waals surface area contributed by atoms with Crippen molar-refractivity contribution in [3.63, 3.8) is 0 Å². The topological polar surface area (TPSA) is 55.1 Å². The summed E-state index contributed by atoms with van der Waals surface area (Å²) in [6.07, 6.45) is 0. The molecule has 1 aromatic carbocycles. The second-order valence-electron chi connectivity index (χ2n) is 3.07. The Morgan fingerprint density at radius 1 is 1.53 bits per heavy atom. The molecule has 0 fully saturated rings. The van der Waals surface area contributed by atoms with Crippen LogP contribution in [0, 0.1) is 0 Å². The minimum absolute atomic E-state index is 0.151. The van der Waals surface area contributed by atoms with Gasteiger partial charge in [-0.1, -0.05) is 29.3 Å². The summed E-state index contributed by atoms with van der Waals surface area (Å²) in [5, 5.41) is 3.54. The third-order valence-electron chi connectivity index (χ3n) is 2.14. The van der Waals surface area contributed by atoms with Crippen molar-refractivity contribution in [1.82, 2.24) is 5.32 Å². The van der Waals surface area contributed by atoms with Gasteiger partial charge in [0.2, 0.25) is 5.91 Å². The van der Waals surface area contributed by atoms with E-state index in [2.05, 4.69) is 5.32 Å². The first-order valence-electron chi connectivity index (χ1n) is 4.46. The molecule has 3 N–H and O–H groups in total. The number of carbonyl (C=O) groups excluding carboxylic acids is 1. The Hall–Kier alpha value is -0.770. The van der Waals surface area contributed by atoms with Crippen LogP contribution in [0.2, 0.25) is 10.0 Å². The van der Waals surface area contributed by atoms with Gasteiger partial charge in [0.05, 0.1) is 5.92 Å². The lowest BCUT2D eigenvalue weighted by molar-refractivity contribution is -0.121. The van der Waals surface area contributed by atoms with Gasteiger partial charge in [-0.2, -0.15) is 0 Å². The number of hydrogen-bond acceptors (Lipinski definition) is 2. The first kappa shape index (κ1) is 12.3. The van der Waals surface area contributed by atoms with Crippen molar-refractivity contribution in [1.29, 1.82) is 0 Å². The fraction of sp³-hybridized carbons (Fsp3) is 0.300. The molecule has 0 saturated heterocycles. The summed E-state index contributed by atoms with van der Waals surface area (Å²) in [4.78, 5) is 11.5. The van der Waals surface area contributed by atoms with E-state index in [1.165, 1.54) is 0 Å². The van der Waals surface area contributed by atoms with Crippen molar-refractivity contribution in [2.24, 2.45) is 5.73 Å². The van der Waals surface area contributed by atoms with E-state index in [-0.39, 0.29) is 12.5 Å². The summed E-state index contributed by atoms with van der Waals surface area (Å²) in [6.45, 7) is 0.209. The maximum absolute atomic E-state index is 11.5. The predicted octanol–water partition coefficient (Wildman–Crippen LogP) is 1.78. The van der Waals surface area contributed by atoms with Crippen LogP contribution in [0.1, 0.15) is 11.5 Å². The predicted molar refractivity (Wildman–Crippen MR) is 62.3 cm³/mol. The minimum Gasteiger partial charge on any atom is -0.359 e. The third kappa shape index (κ3) is 2.84. The smallest absolute Gasteiger partial charge is 0.228 e. The van der Waals surface area contributed by atoms with Gasteiger partial charge in [0.15, 0.2) is 0 Å². The van der Waals surface area contributed by atoms with Gasteiger partial charge in [-0.25, -0.2) is 0 Å². The van der Waals surface area contributed by atoms with Gasteiger partial charge in [-0.05, 0) is 17.7 Å². The van der Waals surface area contributed by atoms with Crippen molar-refractivity contribution in [2.75, 3.05) is 13.6 Å². The quantitative estimate of drug-likeness (QED) is 0.855. The molecule has 1 atom stereocenters. The molecule has 82 valence electrons. The summed E-state index contributed by atoms with van der Waals surface area (Å²) < 4.78 is 0. The van der Waals surface area contributed by atoms with Crippen LogP contribution in [0.15, 0.2) is 18.2 Å². The molecule has 0 aliphatic rings. The third-order valence-corrected chi connectivity index (χ3v) is 2.70. The largest absolute Gasteiger partial charge is 0.359 e. The highest BCUT2D eigenvalue weighted by molar-refractivity contribution is 6.35. The number of halogens is 2. The van der Waals surface area contributed by atoms with Crippen LogP contribution in [0.4, 0.5) is 0 Å². The second-order valence-corrected chi connectivity index (χ2v) is 3.91. The molecule has 0 aliphatic carbocycles. The van der Waals surface area contributed by atoms with E-state index in [0.29, 0.717) is 15.6 Å². The molecular formula is C10H12Cl2N2O. The summed E-state index contributed by atoms with van der Waals surface area (Å²) in [5.74, 6) is -0.582. The summed E-state index contributed by atoms with van der Waals surface area (Å²) in [6, 6.07) is 5.01. The van der Waals surface area contributed by atoms with Crippen LogP contribution < -0.4 is 11.1 Å². The minimum atomic E-state index is -0.431. The monoisotopic (exact) mass is 246 g/mol. The molecule has 0 saturated carbocycles. The van der Waals surface area contributed by atoms with Crippen molar-refractivity contribution in [2.45, 2.75) is 5.92 Å². The van der Waals surface area contributed by atoms with Gasteiger partial charge < -0.3 is 11.1 Å². The van der Waals surface area contributed by atoms with Gasteiger partial charge in [0.25, 0.3) is 0 Å². The van der Waals surface area contributed by atoms with E-state index in [4.69, 9.17) is 28.9 Å². The standard InChI is InChI=1S/C10H12Cl2N2O/c1-14-10(15)8(5-13)7-3-2-6(11)4-9(7)12/h2-4,8H,5,13H2,1H3,(H,14,15). The number of carbonyl (C=O) groups is 1. The Labute approximate surface area is 98.5 Å². The van der Waals surface area contributed by atoms with E-state index < -0.39 is 5.92 Å². The number of rotatable bonds is 3. The second kappa shape index (κ2) is 5.35. The zero-order valence-electron chi connectivity index (χ0n) is 8.26. The van der Waals surface area contributed by atoms with Crippen molar-refractivity contribution < 1.29 is 4.79 Å². The van der Waals surface area contributed by atoms with E-state index in [1.54, 1.807) is 25.2 Å². The Balaban J connectivity index is 3.07. The van der Waals surface area contributed by atoms with Crippen molar-refractivity contribution in [3.05, 3.63) is 33.8 Å². The van der Waals surface area contributed by atoms with Gasteiger partial charge in [-0.15, -0.1) is 0 Å². The molecule has 0 aliphatic heterocycles. The van der Waals surface area contributed by atoms with Crippen LogP contribution in [-0.4, -0.2) is 19.5 Å². The number of benzene rings is 1. The zero-order valence-corrected chi connectivity index (χ0v) is 9.77. The average molecular weight is 247 g/mol. The molecule has 1 amide bonds. The summed E-state index contributed by atoms with van der Waals surface area (Å²) in [7, 11) is 1.56. The molecular weight excluding hydrogens is 235 g/mol. The molecule has 0 radical (unpaired) electrons. The van der Waals surface area contributed by atoms with Gasteiger partial charge in [-0.3, -0.25) is 4.79 Å². The highest BCUT2D eigenvalue weighted by atomic mass is 35.5. The van der Waals surface area contributed by atoms with E-state index in [1.807, 2.05) is 0 Å². The molecule has 0 heterocycles. The SMILES string of the molecule is CNC(=O)C(CN)c1ccc(Cl)cc1Cl. The number of nitrogens with one attached hydrogen (secondary N) is 1. The lowest BCUT2D eigenvalue weighted by Gasteiger charge is -2.15. The highest BCUT2D eigenvalue weighted by Crippen LogP contribution is 2.27. The molecule has 1 unspecified atom stereocenters. The highest BCUT2D eigenvalue weighted by Gasteiger charge is 2.20. The summed E-state index contributed by atoms with van der Waals surface area (Å²) in [5.41, 5.74) is 6.23. The molecule has 1 aromatic rings. The number of nitrogens with two attached hydrogens (primary N) is 1. The van der Waals surface area contributed by atoms with E-state index in [0.717, 1.165) is 0 Å². The Bertz CT molecular complexity index is 368. The lowest BCUT2D eigenvalue weighted by atomic mass is 9.98. The van der Waals surface area contributed by atoms with E-state index in [9.17, 15) is 4.79 Å². The lowest BCUT2D eigenvalue weighted by Crippen LogP contribution is -2.31. The first-order chi connectivity index (χ1) is 7.10. The Morgan fingerprint density at radius 2 is 2.20 bits per heavy atom. The normalized spacial score (nSPS) is 12.3. The van der Waals surface area contributed by atoms with Crippen LogP contribution in [0.25, 0.3) is 0 Å². The number of amides is 1. The van der Waals surface area contributed by atoms with E-state index >= 15 is 0 Å². The molecule has 3 nitrogen and oxygen atoms in total. The Morgan fingerprint density at radius 3 is 2.67 bits per heavy atom.